The minimum Gasteiger partial charge on any atom is -0.479 e. The number of halogens is 2. The summed E-state index contributed by atoms with van der Waals surface area (Å²) in [5, 5.41) is 21.4. The fourth-order valence-electron chi connectivity index (χ4n) is 7.86. The van der Waals surface area contributed by atoms with E-state index in [1.807, 2.05) is 74.5 Å². The van der Waals surface area contributed by atoms with E-state index < -0.39 is 53.7 Å². The predicted octanol–water partition coefficient (Wildman–Crippen LogP) is 9.19. The average Bonchev–Trinajstić information content (AvgIpc) is 3.74. The number of nitrogens with zero attached hydrogens (tertiary/aromatic N) is 1. The number of carbonyl (C=O) groups excluding carboxylic acids is 1. The van der Waals surface area contributed by atoms with Crippen LogP contribution in [0.5, 0.6) is 0 Å². The molecule has 2 aliphatic rings. The molecule has 2 aromatic rings. The molecule has 2 fully saturated rings. The Hall–Kier alpha value is -3.25. The number of rotatable bonds is 22. The molecule has 2 N–H and O–H groups in total. The lowest BCUT2D eigenvalue weighted by molar-refractivity contribution is -0.173. The Bertz CT molecular complexity index is 1450. The molecular weight excluding hydrogens is 701 g/mol. The topological polar surface area (TPSA) is 106 Å². The van der Waals surface area contributed by atoms with Crippen molar-refractivity contribution >= 4 is 29.3 Å². The summed E-state index contributed by atoms with van der Waals surface area (Å²) in [7, 11) is 0. The Balaban J connectivity index is 1.52. The van der Waals surface area contributed by atoms with Crippen molar-refractivity contribution < 1.29 is 42.8 Å². The molecule has 292 valence electrons. The highest BCUT2D eigenvalue weighted by Gasteiger charge is 2.60. The first-order valence-corrected chi connectivity index (χ1v) is 19.7. The maximum absolute atomic E-state index is 14.7. The summed E-state index contributed by atoms with van der Waals surface area (Å²) in [6, 6.07) is 17.7. The average molecular weight is 758 g/mol. The predicted molar refractivity (Wildman–Crippen MR) is 204 cm³/mol. The number of aliphatic hydroxyl groups is 1. The quantitative estimate of drug-likeness (QED) is 0.0696. The zero-order valence-corrected chi connectivity index (χ0v) is 32.2. The number of carbonyl (C=O) groups is 2. The molecule has 1 amide bonds. The normalized spacial score (nSPS) is 19.9. The summed E-state index contributed by atoms with van der Waals surface area (Å²) in [6.07, 6.45) is 9.70. The zero-order chi connectivity index (χ0) is 38.5. The van der Waals surface area contributed by atoms with Crippen LogP contribution in [0.15, 0.2) is 72.8 Å². The number of carboxylic acids is 1. The van der Waals surface area contributed by atoms with Crippen molar-refractivity contribution in [2.24, 2.45) is 11.8 Å². The van der Waals surface area contributed by atoms with Crippen LogP contribution >= 0.6 is 12.2 Å². The van der Waals surface area contributed by atoms with Gasteiger partial charge < -0.3 is 24.4 Å². The number of aliphatic carboxylic acids is 1. The second-order valence-corrected chi connectivity index (χ2v) is 15.0. The van der Waals surface area contributed by atoms with E-state index in [2.05, 4.69) is 6.92 Å². The van der Waals surface area contributed by atoms with Gasteiger partial charge in [0.15, 0.2) is 17.0 Å². The highest BCUT2D eigenvalue weighted by atomic mass is 32.1. The van der Waals surface area contributed by atoms with Crippen LogP contribution in [-0.4, -0.2) is 69.2 Å². The van der Waals surface area contributed by atoms with E-state index in [4.69, 9.17) is 26.4 Å². The summed E-state index contributed by atoms with van der Waals surface area (Å²) in [5.41, 5.74) is -2.97. The second-order valence-electron chi connectivity index (χ2n) is 14.7. The van der Waals surface area contributed by atoms with Gasteiger partial charge in [0.25, 0.3) is 5.17 Å². The maximum Gasteiger partial charge on any atom is 0.337 e. The van der Waals surface area contributed by atoms with Gasteiger partial charge in [-0.15, -0.1) is 0 Å². The number of carboxylic acid groups (broad SMARTS) is 1. The molecule has 0 bridgehead atoms. The van der Waals surface area contributed by atoms with Crippen LogP contribution in [0.2, 0.25) is 0 Å². The molecule has 3 atom stereocenters. The molecule has 0 saturated carbocycles. The smallest absolute Gasteiger partial charge is 0.337 e. The number of ether oxygens (including phenoxy) is 3. The number of allylic oxidation sites excluding steroid dienone is 1. The molecule has 0 spiro atoms. The van der Waals surface area contributed by atoms with Crippen molar-refractivity contribution in [2.75, 3.05) is 13.2 Å². The SMILES string of the molecule is CCCCCCCC1(CCCCCCC=C[C@H](C(=O)N2C(=S)OC(c3ccccc3)(c3ccccc3)[C@@H]2C(C)C)[C@@](O)(CC(F)F)C(=O)O)OCCO1. The lowest BCUT2D eigenvalue weighted by Gasteiger charge is -2.39. The first-order valence-electron chi connectivity index (χ1n) is 19.3. The minimum atomic E-state index is -3.19. The fraction of sp³-hybridized carbons (Fsp3) is 0.595. The molecule has 11 heteroatoms. The summed E-state index contributed by atoms with van der Waals surface area (Å²) < 4.78 is 46.4. The van der Waals surface area contributed by atoms with E-state index in [9.17, 15) is 28.6 Å². The van der Waals surface area contributed by atoms with Gasteiger partial charge in [-0.2, -0.15) is 0 Å². The third kappa shape index (κ3) is 10.3. The third-order valence-electron chi connectivity index (χ3n) is 10.5. The number of hydrogen-bond donors (Lipinski definition) is 2. The van der Waals surface area contributed by atoms with E-state index in [1.165, 1.54) is 36.7 Å². The molecule has 2 aliphatic heterocycles. The highest BCUT2D eigenvalue weighted by molar-refractivity contribution is 7.80. The van der Waals surface area contributed by atoms with Gasteiger partial charge in [0.05, 0.1) is 25.2 Å². The summed E-state index contributed by atoms with van der Waals surface area (Å²) >= 11 is 5.70. The molecule has 0 aromatic heterocycles. The highest BCUT2D eigenvalue weighted by Crippen LogP contribution is 2.48. The molecule has 0 radical (unpaired) electrons. The van der Waals surface area contributed by atoms with Gasteiger partial charge in [-0.1, -0.05) is 132 Å². The molecule has 2 aromatic carbocycles. The number of benzene rings is 2. The molecule has 4 rings (SSSR count). The Morgan fingerprint density at radius 1 is 0.906 bits per heavy atom. The Morgan fingerprint density at radius 2 is 1.43 bits per heavy atom. The third-order valence-corrected chi connectivity index (χ3v) is 10.8. The molecular formula is C42H57F2NO7S. The van der Waals surface area contributed by atoms with E-state index in [0.29, 0.717) is 37.2 Å². The molecule has 53 heavy (non-hydrogen) atoms. The van der Waals surface area contributed by atoms with Crippen molar-refractivity contribution in [1.29, 1.82) is 0 Å². The zero-order valence-electron chi connectivity index (χ0n) is 31.4. The van der Waals surface area contributed by atoms with E-state index in [-0.39, 0.29) is 11.1 Å². The maximum atomic E-state index is 14.7. The monoisotopic (exact) mass is 757 g/mol. The van der Waals surface area contributed by atoms with Gasteiger partial charge in [-0.3, -0.25) is 9.69 Å². The molecule has 0 aliphatic carbocycles. The van der Waals surface area contributed by atoms with Crippen molar-refractivity contribution in [3.63, 3.8) is 0 Å². The van der Waals surface area contributed by atoms with Crippen LogP contribution in [-0.2, 0) is 29.4 Å². The number of amides is 1. The largest absolute Gasteiger partial charge is 0.479 e. The van der Waals surface area contributed by atoms with Crippen molar-refractivity contribution in [3.8, 4) is 0 Å². The van der Waals surface area contributed by atoms with Crippen LogP contribution < -0.4 is 0 Å². The molecule has 8 nitrogen and oxygen atoms in total. The number of thiocarbonyl (C=S) groups is 1. The standard InChI is InChI=1S/C42H57F2NO7S/c1-4-5-6-10-19-26-40(50-28-29-51-40)27-20-11-8-7-9-18-25-34(41(49,38(47)48)30-35(43)44)37(46)45-36(31(2)3)42(52-39(45)53,32-21-14-12-15-22-32)33-23-16-13-17-24-33/h12-18,21-25,31,34-36,49H,4-11,19-20,26-30H2,1-3H3,(H,47,48)/t34-,36+,41+/m1/s1. The van der Waals surface area contributed by atoms with Gasteiger partial charge in [-0.05, 0) is 43.8 Å². The van der Waals surface area contributed by atoms with Gasteiger partial charge in [0.2, 0.25) is 12.3 Å². The first kappa shape index (κ1) is 42.5. The first-order chi connectivity index (χ1) is 25.4. The number of unbranched alkanes of at least 4 members (excludes halogenated alkanes) is 8. The summed E-state index contributed by atoms with van der Waals surface area (Å²) in [5.74, 6) is -5.51. The molecule has 0 unspecified atom stereocenters. The van der Waals surface area contributed by atoms with Gasteiger partial charge in [-0.25, -0.2) is 13.6 Å². The molecule has 2 saturated heterocycles. The summed E-state index contributed by atoms with van der Waals surface area (Å²) in [4.78, 5) is 28.4. The van der Waals surface area contributed by atoms with Gasteiger partial charge in [0.1, 0.15) is 0 Å². The lowest BCUT2D eigenvalue weighted by atomic mass is 9.75. The molecule has 2 heterocycles. The van der Waals surface area contributed by atoms with Crippen molar-refractivity contribution in [3.05, 3.63) is 83.9 Å². The van der Waals surface area contributed by atoms with Crippen LogP contribution in [0.25, 0.3) is 0 Å². The van der Waals surface area contributed by atoms with Crippen molar-refractivity contribution in [1.82, 2.24) is 4.90 Å². The Labute approximate surface area is 318 Å². The minimum absolute atomic E-state index is 0.224. The van der Waals surface area contributed by atoms with E-state index >= 15 is 0 Å². The second kappa shape index (κ2) is 19.9. The van der Waals surface area contributed by atoms with E-state index in [1.54, 1.807) is 6.08 Å². The van der Waals surface area contributed by atoms with Gasteiger partial charge in [0, 0.05) is 30.4 Å². The number of hydrogen-bond acceptors (Lipinski definition) is 7. The van der Waals surface area contributed by atoms with Crippen LogP contribution in [0.1, 0.15) is 115 Å². The van der Waals surface area contributed by atoms with Crippen LogP contribution in [0.4, 0.5) is 8.78 Å². The summed E-state index contributed by atoms with van der Waals surface area (Å²) in [6.45, 7) is 7.19. The van der Waals surface area contributed by atoms with E-state index in [0.717, 1.165) is 38.5 Å². The fourth-order valence-corrected chi connectivity index (χ4v) is 8.20. The lowest BCUT2D eigenvalue weighted by Crippen LogP contribution is -2.57. The number of alkyl halides is 2. The van der Waals surface area contributed by atoms with Crippen LogP contribution in [0.3, 0.4) is 0 Å². The Kier molecular flexibility index (Phi) is 15.9. The Morgan fingerprint density at radius 3 is 1.92 bits per heavy atom. The van der Waals surface area contributed by atoms with Gasteiger partial charge >= 0.3 is 5.97 Å². The van der Waals surface area contributed by atoms with Crippen LogP contribution in [0, 0.1) is 11.8 Å². The van der Waals surface area contributed by atoms with Crippen molar-refractivity contribution in [2.45, 2.75) is 134 Å².